The van der Waals surface area contributed by atoms with Gasteiger partial charge in [0.25, 0.3) is 0 Å². The first-order chi connectivity index (χ1) is 12.6. The van der Waals surface area contributed by atoms with Crippen molar-refractivity contribution in [1.82, 2.24) is 15.3 Å². The predicted octanol–water partition coefficient (Wildman–Crippen LogP) is 1.40. The van der Waals surface area contributed by atoms with Gasteiger partial charge in [0.15, 0.2) is 11.6 Å². The van der Waals surface area contributed by atoms with Gasteiger partial charge in [-0.1, -0.05) is 0 Å². The first kappa shape index (κ1) is 17.5. The van der Waals surface area contributed by atoms with E-state index in [1.807, 2.05) is 26.0 Å². The van der Waals surface area contributed by atoms with E-state index < -0.39 is 6.10 Å². The molecule has 0 aliphatic carbocycles. The fourth-order valence-electron chi connectivity index (χ4n) is 3.72. The average molecular weight is 358 g/mol. The molecule has 4 rings (SSSR count). The van der Waals surface area contributed by atoms with Crippen LogP contribution in [0.15, 0.2) is 22.8 Å². The zero-order valence-corrected chi connectivity index (χ0v) is 15.3. The Morgan fingerprint density at radius 3 is 2.88 bits per heavy atom. The lowest BCUT2D eigenvalue weighted by molar-refractivity contribution is -0.0386. The van der Waals surface area contributed by atoms with Gasteiger partial charge in [0.05, 0.1) is 24.2 Å². The van der Waals surface area contributed by atoms with Crippen molar-refractivity contribution in [3.8, 4) is 11.6 Å². The number of hydrogen-bond donors (Lipinski definition) is 2. The lowest BCUT2D eigenvalue weighted by atomic mass is 10.1. The average Bonchev–Trinajstić information content (AvgIpc) is 3.19. The molecule has 0 amide bonds. The quantitative estimate of drug-likeness (QED) is 0.855. The summed E-state index contributed by atoms with van der Waals surface area (Å²) in [7, 11) is 0. The Bertz CT molecular complexity index is 747. The Morgan fingerprint density at radius 1 is 1.27 bits per heavy atom. The van der Waals surface area contributed by atoms with Crippen LogP contribution >= 0.6 is 0 Å². The number of ether oxygens (including phenoxy) is 1. The van der Waals surface area contributed by atoms with Crippen molar-refractivity contribution >= 4 is 5.82 Å². The predicted molar refractivity (Wildman–Crippen MR) is 98.2 cm³/mol. The lowest BCUT2D eigenvalue weighted by Crippen LogP contribution is -2.29. The monoisotopic (exact) mass is 358 g/mol. The van der Waals surface area contributed by atoms with Crippen molar-refractivity contribution in [2.75, 3.05) is 31.1 Å². The first-order valence-corrected chi connectivity index (χ1v) is 9.34. The van der Waals surface area contributed by atoms with Crippen molar-refractivity contribution in [3.05, 3.63) is 29.7 Å². The van der Waals surface area contributed by atoms with Crippen LogP contribution < -0.4 is 10.2 Å². The van der Waals surface area contributed by atoms with Crippen LogP contribution in [-0.4, -0.2) is 59.6 Å². The van der Waals surface area contributed by atoms with Gasteiger partial charge in [0.2, 0.25) is 0 Å². The zero-order valence-electron chi connectivity index (χ0n) is 15.3. The summed E-state index contributed by atoms with van der Waals surface area (Å²) in [4.78, 5) is 11.7. The van der Waals surface area contributed by atoms with Crippen LogP contribution in [0.4, 0.5) is 5.82 Å². The molecule has 0 spiro atoms. The molecule has 7 nitrogen and oxygen atoms in total. The Kier molecular flexibility index (Phi) is 4.93. The van der Waals surface area contributed by atoms with Gasteiger partial charge in [0.1, 0.15) is 11.9 Å². The van der Waals surface area contributed by atoms with E-state index in [1.165, 1.54) is 5.56 Å². The minimum absolute atomic E-state index is 0.0833. The summed E-state index contributed by atoms with van der Waals surface area (Å²) in [6.45, 7) is 6.95. The van der Waals surface area contributed by atoms with E-state index in [1.54, 1.807) is 6.26 Å². The lowest BCUT2D eigenvalue weighted by Gasteiger charge is -2.22. The fraction of sp³-hybridized carbons (Fsp3) is 0.579. The molecule has 26 heavy (non-hydrogen) atoms. The van der Waals surface area contributed by atoms with Crippen molar-refractivity contribution in [2.24, 2.45) is 0 Å². The second kappa shape index (κ2) is 7.34. The van der Waals surface area contributed by atoms with Crippen molar-refractivity contribution in [1.29, 1.82) is 0 Å². The molecule has 1 fully saturated rings. The van der Waals surface area contributed by atoms with Crippen LogP contribution in [0, 0.1) is 0 Å². The second-order valence-electron chi connectivity index (χ2n) is 7.22. The highest BCUT2D eigenvalue weighted by Crippen LogP contribution is 2.30. The molecule has 2 atom stereocenters. The number of nitrogens with one attached hydrogen (secondary N) is 1. The number of fused-ring (bicyclic) bond motifs is 1. The summed E-state index contributed by atoms with van der Waals surface area (Å²) in [5, 5.41) is 13.9. The minimum atomic E-state index is -0.515. The molecule has 2 aromatic heterocycles. The number of aromatic nitrogens is 2. The maximum Gasteiger partial charge on any atom is 0.197 e. The molecule has 2 aliphatic heterocycles. The standard InChI is InChI=1S/C19H26N4O3/c1-12(2)26-17-11-23(10-15(17)24)19-13-5-7-20-8-6-14(13)21-18(22-19)16-4-3-9-25-16/h3-4,9,12,15,17,20,24H,5-8,10-11H2,1-2H3. The van der Waals surface area contributed by atoms with Gasteiger partial charge >= 0.3 is 0 Å². The molecule has 0 bridgehead atoms. The Morgan fingerprint density at radius 2 is 2.12 bits per heavy atom. The summed E-state index contributed by atoms with van der Waals surface area (Å²) in [6.07, 6.45) is 2.75. The first-order valence-electron chi connectivity index (χ1n) is 9.34. The number of β-amino-alcohol motifs (C(OH)–C–C–N with tert-alkyl or cyclic N) is 1. The SMILES string of the molecule is CC(C)OC1CN(c2nc(-c3ccco3)nc3c2CCNCC3)CC1O. The van der Waals surface area contributed by atoms with E-state index in [4.69, 9.17) is 19.1 Å². The third-order valence-corrected chi connectivity index (χ3v) is 4.89. The molecular weight excluding hydrogens is 332 g/mol. The van der Waals surface area contributed by atoms with Crippen molar-refractivity contribution in [2.45, 2.75) is 45.0 Å². The number of furan rings is 1. The van der Waals surface area contributed by atoms with Gasteiger partial charge in [-0.25, -0.2) is 9.97 Å². The highest BCUT2D eigenvalue weighted by Gasteiger charge is 2.35. The van der Waals surface area contributed by atoms with Gasteiger partial charge in [0, 0.05) is 31.6 Å². The van der Waals surface area contributed by atoms with Gasteiger partial charge in [-0.15, -0.1) is 0 Å². The Hall–Kier alpha value is -1.96. The van der Waals surface area contributed by atoms with Crippen LogP contribution in [0.5, 0.6) is 0 Å². The molecule has 2 aliphatic rings. The molecule has 2 unspecified atom stereocenters. The smallest absolute Gasteiger partial charge is 0.197 e. The normalized spacial score (nSPS) is 23.3. The summed E-state index contributed by atoms with van der Waals surface area (Å²) in [6, 6.07) is 3.72. The van der Waals surface area contributed by atoms with Gasteiger partial charge < -0.3 is 24.5 Å². The number of anilines is 1. The van der Waals surface area contributed by atoms with Crippen molar-refractivity contribution in [3.63, 3.8) is 0 Å². The van der Waals surface area contributed by atoms with E-state index in [-0.39, 0.29) is 12.2 Å². The third kappa shape index (κ3) is 3.47. The number of rotatable bonds is 4. The van der Waals surface area contributed by atoms with E-state index in [2.05, 4.69) is 10.2 Å². The van der Waals surface area contributed by atoms with Crippen LogP contribution in [0.3, 0.4) is 0 Å². The van der Waals surface area contributed by atoms with Crippen molar-refractivity contribution < 1.29 is 14.3 Å². The molecule has 4 heterocycles. The minimum Gasteiger partial charge on any atom is -0.461 e. The highest BCUT2D eigenvalue weighted by molar-refractivity contribution is 5.58. The zero-order chi connectivity index (χ0) is 18.1. The number of aliphatic hydroxyl groups is 1. The Balaban J connectivity index is 1.71. The fourth-order valence-corrected chi connectivity index (χ4v) is 3.72. The molecular formula is C19H26N4O3. The van der Waals surface area contributed by atoms with E-state index >= 15 is 0 Å². The van der Waals surface area contributed by atoms with Crippen LogP contribution in [0.2, 0.25) is 0 Å². The third-order valence-electron chi connectivity index (χ3n) is 4.89. The largest absolute Gasteiger partial charge is 0.461 e. The molecule has 2 N–H and O–H groups in total. The topological polar surface area (TPSA) is 83.7 Å². The summed E-state index contributed by atoms with van der Waals surface area (Å²) in [5.41, 5.74) is 2.23. The molecule has 2 aromatic rings. The molecule has 0 aromatic carbocycles. The summed E-state index contributed by atoms with van der Waals surface area (Å²) < 4.78 is 11.4. The van der Waals surface area contributed by atoms with Gasteiger partial charge in [-0.3, -0.25) is 0 Å². The van der Waals surface area contributed by atoms with Crippen LogP contribution in [0.25, 0.3) is 11.6 Å². The molecule has 1 saturated heterocycles. The van der Waals surface area contributed by atoms with E-state index in [9.17, 15) is 5.11 Å². The van der Waals surface area contributed by atoms with Crippen LogP contribution in [-0.2, 0) is 17.6 Å². The highest BCUT2D eigenvalue weighted by atomic mass is 16.5. The molecule has 0 radical (unpaired) electrons. The molecule has 140 valence electrons. The van der Waals surface area contributed by atoms with Crippen LogP contribution in [0.1, 0.15) is 25.1 Å². The second-order valence-corrected chi connectivity index (χ2v) is 7.22. The summed E-state index contributed by atoms with van der Waals surface area (Å²) in [5.74, 6) is 2.17. The molecule has 0 saturated carbocycles. The van der Waals surface area contributed by atoms with E-state index in [0.717, 1.165) is 37.4 Å². The maximum absolute atomic E-state index is 10.4. The Labute approximate surface area is 153 Å². The number of nitrogens with zero attached hydrogens (tertiary/aromatic N) is 3. The van der Waals surface area contributed by atoms with Gasteiger partial charge in [-0.2, -0.15) is 0 Å². The molecule has 7 heteroatoms. The number of aliphatic hydroxyl groups excluding tert-OH is 1. The number of hydrogen-bond acceptors (Lipinski definition) is 7. The summed E-state index contributed by atoms with van der Waals surface area (Å²) >= 11 is 0. The van der Waals surface area contributed by atoms with Gasteiger partial charge in [-0.05, 0) is 38.9 Å². The maximum atomic E-state index is 10.4. The van der Waals surface area contributed by atoms with E-state index in [0.29, 0.717) is 24.7 Å².